The molecule has 0 aliphatic heterocycles. The van der Waals surface area contributed by atoms with Gasteiger partial charge in [0.15, 0.2) is 0 Å². The lowest BCUT2D eigenvalue weighted by molar-refractivity contribution is -0.132. The summed E-state index contributed by atoms with van der Waals surface area (Å²) in [5.41, 5.74) is 3.18. The fraction of sp³-hybridized carbons (Fsp3) is 0.160. The lowest BCUT2D eigenvalue weighted by atomic mass is 10.0. The molecule has 0 bridgehead atoms. The highest BCUT2D eigenvalue weighted by atomic mass is 35.5. The molecule has 6 nitrogen and oxygen atoms in total. The maximum Gasteiger partial charge on any atom is 0.253 e. The summed E-state index contributed by atoms with van der Waals surface area (Å²) in [6.07, 6.45) is 5.64. The normalized spacial score (nSPS) is 11.8. The predicted octanol–water partition coefficient (Wildman–Crippen LogP) is 4.22. The molecular formula is C25H23ClN4O2. The molecule has 0 spiro atoms. The minimum atomic E-state index is -0.764. The van der Waals surface area contributed by atoms with Crippen molar-refractivity contribution in [3.05, 3.63) is 101 Å². The third-order valence-corrected chi connectivity index (χ3v) is 5.67. The molecule has 0 saturated heterocycles. The molecule has 4 rings (SSSR count). The zero-order valence-electron chi connectivity index (χ0n) is 17.6. The molecule has 0 radical (unpaired) electrons. The molecule has 0 fully saturated rings. The number of likely N-dealkylation sites (N-methyl/N-ethyl adjacent to an activating group) is 1. The molecule has 7 heteroatoms. The summed E-state index contributed by atoms with van der Waals surface area (Å²) < 4.78 is 0. The molecule has 0 saturated carbocycles. The minimum absolute atomic E-state index is 0.195. The maximum absolute atomic E-state index is 13.4. The van der Waals surface area contributed by atoms with E-state index < -0.39 is 6.04 Å². The lowest BCUT2D eigenvalue weighted by Crippen LogP contribution is -2.48. The van der Waals surface area contributed by atoms with Gasteiger partial charge in [0.25, 0.3) is 5.91 Å². The van der Waals surface area contributed by atoms with E-state index in [1.807, 2.05) is 42.6 Å². The Morgan fingerprint density at radius 2 is 1.88 bits per heavy atom. The average Bonchev–Trinajstić information content (AvgIpc) is 3.22. The molecule has 2 N–H and O–H groups in total. The Balaban J connectivity index is 1.60. The standard InChI is InChI=1S/C25H23ClN4O2/c1-30(16-17-7-6-12-27-14-17)25(32)23(29-24(31)20-9-2-4-10-21(20)26)13-18-15-28-22-11-5-3-8-19(18)22/h2-12,14-15,23,28H,13,16H2,1H3,(H,29,31). The van der Waals surface area contributed by atoms with Crippen molar-refractivity contribution in [2.24, 2.45) is 0 Å². The van der Waals surface area contributed by atoms with Crippen molar-refractivity contribution >= 4 is 34.3 Å². The monoisotopic (exact) mass is 446 g/mol. The number of carbonyl (C=O) groups is 2. The van der Waals surface area contributed by atoms with Crippen LogP contribution in [0.3, 0.4) is 0 Å². The smallest absolute Gasteiger partial charge is 0.253 e. The van der Waals surface area contributed by atoms with Crippen LogP contribution in [0.15, 0.2) is 79.3 Å². The number of hydrogen-bond donors (Lipinski definition) is 2. The molecule has 2 amide bonds. The number of hydrogen-bond acceptors (Lipinski definition) is 3. The van der Waals surface area contributed by atoms with Gasteiger partial charge in [0, 0.05) is 49.5 Å². The van der Waals surface area contributed by atoms with Crippen LogP contribution in [0.25, 0.3) is 10.9 Å². The number of para-hydroxylation sites is 1. The first kappa shape index (κ1) is 21.6. The highest BCUT2D eigenvalue weighted by Gasteiger charge is 2.26. The van der Waals surface area contributed by atoms with Crippen molar-refractivity contribution < 1.29 is 9.59 Å². The Kier molecular flexibility index (Phi) is 6.52. The topological polar surface area (TPSA) is 78.1 Å². The molecule has 2 heterocycles. The maximum atomic E-state index is 13.4. The molecule has 4 aromatic rings. The number of rotatable bonds is 7. The van der Waals surface area contributed by atoms with Gasteiger partial charge in [-0.2, -0.15) is 0 Å². The number of pyridine rings is 1. The first-order valence-electron chi connectivity index (χ1n) is 10.3. The zero-order chi connectivity index (χ0) is 22.5. The summed E-state index contributed by atoms with van der Waals surface area (Å²) in [6, 6.07) is 17.7. The van der Waals surface area contributed by atoms with E-state index >= 15 is 0 Å². The molecular weight excluding hydrogens is 424 g/mol. The highest BCUT2D eigenvalue weighted by Crippen LogP contribution is 2.21. The second kappa shape index (κ2) is 9.66. The number of benzene rings is 2. The quantitative estimate of drug-likeness (QED) is 0.446. The van der Waals surface area contributed by atoms with Gasteiger partial charge in [-0.05, 0) is 35.4 Å². The molecule has 2 aromatic heterocycles. The first-order valence-corrected chi connectivity index (χ1v) is 10.6. The molecule has 1 unspecified atom stereocenters. The number of H-pyrrole nitrogens is 1. The first-order chi connectivity index (χ1) is 15.5. The van der Waals surface area contributed by atoms with Crippen LogP contribution >= 0.6 is 11.6 Å². The van der Waals surface area contributed by atoms with E-state index in [9.17, 15) is 9.59 Å². The summed E-state index contributed by atoms with van der Waals surface area (Å²) in [6.45, 7) is 0.388. The van der Waals surface area contributed by atoms with E-state index in [1.54, 1.807) is 48.6 Å². The Morgan fingerprint density at radius 3 is 2.66 bits per heavy atom. The minimum Gasteiger partial charge on any atom is -0.361 e. The second-order valence-corrected chi connectivity index (χ2v) is 8.03. The van der Waals surface area contributed by atoms with Gasteiger partial charge in [-0.1, -0.05) is 48.0 Å². The third kappa shape index (κ3) is 4.81. The Hall–Kier alpha value is -3.64. The van der Waals surface area contributed by atoms with Crippen LogP contribution in [0.1, 0.15) is 21.5 Å². The van der Waals surface area contributed by atoms with Gasteiger partial charge in [-0.15, -0.1) is 0 Å². The highest BCUT2D eigenvalue weighted by molar-refractivity contribution is 6.33. The van der Waals surface area contributed by atoms with Crippen molar-refractivity contribution in [2.45, 2.75) is 19.0 Å². The number of aromatic amines is 1. The van der Waals surface area contributed by atoms with E-state index in [4.69, 9.17) is 11.6 Å². The predicted molar refractivity (Wildman–Crippen MR) is 125 cm³/mol. The number of nitrogens with zero attached hydrogens (tertiary/aromatic N) is 2. The average molecular weight is 447 g/mol. The fourth-order valence-corrected chi connectivity index (χ4v) is 3.93. The van der Waals surface area contributed by atoms with Gasteiger partial charge in [-0.25, -0.2) is 0 Å². The van der Waals surface area contributed by atoms with Crippen LogP contribution < -0.4 is 5.32 Å². The molecule has 32 heavy (non-hydrogen) atoms. The van der Waals surface area contributed by atoms with Crippen molar-refractivity contribution in [3.8, 4) is 0 Å². The van der Waals surface area contributed by atoms with Crippen molar-refractivity contribution in [1.82, 2.24) is 20.2 Å². The van der Waals surface area contributed by atoms with E-state index in [2.05, 4.69) is 15.3 Å². The second-order valence-electron chi connectivity index (χ2n) is 7.63. The van der Waals surface area contributed by atoms with Gasteiger partial charge < -0.3 is 15.2 Å². The van der Waals surface area contributed by atoms with Gasteiger partial charge in [0.1, 0.15) is 6.04 Å². The largest absolute Gasteiger partial charge is 0.361 e. The van der Waals surface area contributed by atoms with Gasteiger partial charge in [0.2, 0.25) is 5.91 Å². The summed E-state index contributed by atoms with van der Waals surface area (Å²) in [4.78, 5) is 35.3. The number of carbonyl (C=O) groups excluding carboxylic acids is 2. The number of amides is 2. The molecule has 0 aliphatic carbocycles. The molecule has 162 valence electrons. The Morgan fingerprint density at radius 1 is 1.09 bits per heavy atom. The van der Waals surface area contributed by atoms with Crippen molar-refractivity contribution in [3.63, 3.8) is 0 Å². The summed E-state index contributed by atoms with van der Waals surface area (Å²) in [5.74, 6) is -0.580. The van der Waals surface area contributed by atoms with Crippen LogP contribution in [0.5, 0.6) is 0 Å². The number of halogens is 1. The lowest BCUT2D eigenvalue weighted by Gasteiger charge is -2.25. The van der Waals surface area contributed by atoms with Crippen LogP contribution in [-0.2, 0) is 17.8 Å². The zero-order valence-corrected chi connectivity index (χ0v) is 18.3. The molecule has 1 atom stereocenters. The summed E-state index contributed by atoms with van der Waals surface area (Å²) >= 11 is 6.20. The van der Waals surface area contributed by atoms with Gasteiger partial charge >= 0.3 is 0 Å². The summed E-state index contributed by atoms with van der Waals surface area (Å²) in [7, 11) is 1.72. The van der Waals surface area contributed by atoms with Crippen molar-refractivity contribution in [2.75, 3.05) is 7.05 Å². The van der Waals surface area contributed by atoms with E-state index in [-0.39, 0.29) is 11.8 Å². The number of nitrogens with one attached hydrogen (secondary N) is 2. The fourth-order valence-electron chi connectivity index (χ4n) is 3.71. The van der Waals surface area contributed by atoms with Crippen LogP contribution in [0.2, 0.25) is 5.02 Å². The van der Waals surface area contributed by atoms with Crippen LogP contribution in [0, 0.1) is 0 Å². The van der Waals surface area contributed by atoms with E-state index in [0.717, 1.165) is 22.0 Å². The van der Waals surface area contributed by atoms with Crippen molar-refractivity contribution in [1.29, 1.82) is 0 Å². The Labute approximate surface area is 191 Å². The molecule has 0 aliphatic rings. The number of aromatic nitrogens is 2. The van der Waals surface area contributed by atoms with E-state index in [1.165, 1.54) is 0 Å². The summed E-state index contributed by atoms with van der Waals surface area (Å²) in [5, 5.41) is 4.26. The SMILES string of the molecule is CN(Cc1cccnc1)C(=O)C(Cc1c[nH]c2ccccc12)NC(=O)c1ccccc1Cl. The number of fused-ring (bicyclic) bond motifs is 1. The molecule has 2 aromatic carbocycles. The van der Waals surface area contributed by atoms with E-state index in [0.29, 0.717) is 23.6 Å². The van der Waals surface area contributed by atoms with Gasteiger partial charge in [-0.3, -0.25) is 14.6 Å². The Bertz CT molecular complexity index is 1240. The third-order valence-electron chi connectivity index (χ3n) is 5.34. The van der Waals surface area contributed by atoms with Crippen LogP contribution in [0.4, 0.5) is 0 Å². The van der Waals surface area contributed by atoms with Gasteiger partial charge in [0.05, 0.1) is 10.6 Å². The van der Waals surface area contributed by atoms with Crippen LogP contribution in [-0.4, -0.2) is 39.8 Å².